The summed E-state index contributed by atoms with van der Waals surface area (Å²) < 4.78 is 5.17. The van der Waals surface area contributed by atoms with Crippen LogP contribution in [0.15, 0.2) is 4.52 Å². The Bertz CT molecular complexity index is 528. The van der Waals surface area contributed by atoms with Gasteiger partial charge >= 0.3 is 6.03 Å². The van der Waals surface area contributed by atoms with Gasteiger partial charge in [-0.15, -0.1) is 0 Å². The summed E-state index contributed by atoms with van der Waals surface area (Å²) in [5.74, 6) is 1.19. The minimum absolute atomic E-state index is 0.126. The Kier molecular flexibility index (Phi) is 6.27. The molecule has 0 saturated heterocycles. The molecule has 1 saturated carbocycles. The Labute approximate surface area is 144 Å². The minimum atomic E-state index is -0.842. The smallest absolute Gasteiger partial charge is 0.314 e. The molecular weight excluding hydrogens is 306 g/mol. The van der Waals surface area contributed by atoms with Gasteiger partial charge in [0.2, 0.25) is 0 Å². The molecule has 2 rings (SSSR count). The predicted molar refractivity (Wildman–Crippen MR) is 93.0 cm³/mol. The average molecular weight is 337 g/mol. The van der Waals surface area contributed by atoms with Crippen LogP contribution in [0.2, 0.25) is 0 Å². The molecule has 0 bridgehead atoms. The van der Waals surface area contributed by atoms with E-state index in [1.54, 1.807) is 0 Å². The lowest BCUT2D eigenvalue weighted by molar-refractivity contribution is -0.0130. The SMILES string of the molecule is Cc1noc(C)c1[C@@H](C)CNC(=O)NC[C@](C)(O)C1CCCCC1. The summed E-state index contributed by atoms with van der Waals surface area (Å²) in [4.78, 5) is 12.0. The highest BCUT2D eigenvalue weighted by Gasteiger charge is 2.33. The predicted octanol–water partition coefficient (Wildman–Crippen LogP) is 3.03. The summed E-state index contributed by atoms with van der Waals surface area (Å²) in [5.41, 5.74) is 1.07. The molecule has 2 amide bonds. The molecule has 1 fully saturated rings. The zero-order valence-electron chi connectivity index (χ0n) is 15.3. The summed E-state index contributed by atoms with van der Waals surface area (Å²) in [6, 6.07) is -0.246. The van der Waals surface area contributed by atoms with Gasteiger partial charge in [-0.25, -0.2) is 4.79 Å². The normalized spacial score (nSPS) is 19.5. The Morgan fingerprint density at radius 3 is 2.58 bits per heavy atom. The molecule has 0 aromatic carbocycles. The van der Waals surface area contributed by atoms with Crippen LogP contribution in [0.4, 0.5) is 4.79 Å². The van der Waals surface area contributed by atoms with Gasteiger partial charge < -0.3 is 20.3 Å². The van der Waals surface area contributed by atoms with Crippen LogP contribution in [0.3, 0.4) is 0 Å². The van der Waals surface area contributed by atoms with Crippen molar-refractivity contribution in [3.63, 3.8) is 0 Å². The maximum atomic E-state index is 12.0. The Morgan fingerprint density at radius 2 is 2.00 bits per heavy atom. The largest absolute Gasteiger partial charge is 0.388 e. The van der Waals surface area contributed by atoms with Crippen LogP contribution in [0.25, 0.3) is 0 Å². The van der Waals surface area contributed by atoms with E-state index in [4.69, 9.17) is 4.52 Å². The standard InChI is InChI=1S/C18H31N3O3/c1-12(16-13(2)21-24-14(16)3)10-19-17(22)20-11-18(4,23)15-8-6-5-7-9-15/h12,15,23H,5-11H2,1-4H3,(H2,19,20,22)/t12-,18-/m0/s1. The summed E-state index contributed by atoms with van der Waals surface area (Å²) >= 11 is 0. The number of carbonyl (C=O) groups is 1. The molecule has 1 aromatic rings. The van der Waals surface area contributed by atoms with E-state index >= 15 is 0 Å². The van der Waals surface area contributed by atoms with Crippen LogP contribution in [0.1, 0.15) is 68.9 Å². The van der Waals surface area contributed by atoms with Gasteiger partial charge in [0.05, 0.1) is 11.3 Å². The molecule has 1 aromatic heterocycles. The van der Waals surface area contributed by atoms with E-state index in [-0.39, 0.29) is 24.4 Å². The molecule has 3 N–H and O–H groups in total. The van der Waals surface area contributed by atoms with Gasteiger partial charge in [0.25, 0.3) is 0 Å². The Morgan fingerprint density at radius 1 is 1.33 bits per heavy atom. The fourth-order valence-electron chi connectivity index (χ4n) is 3.73. The highest BCUT2D eigenvalue weighted by molar-refractivity contribution is 5.74. The number of carbonyl (C=O) groups excluding carboxylic acids is 1. The number of rotatable bonds is 6. The third-order valence-corrected chi connectivity index (χ3v) is 5.24. The molecule has 6 heteroatoms. The van der Waals surface area contributed by atoms with E-state index in [2.05, 4.69) is 15.8 Å². The second-order valence-corrected chi connectivity index (χ2v) is 7.39. The molecule has 1 aliphatic rings. The van der Waals surface area contributed by atoms with E-state index in [1.165, 1.54) is 19.3 Å². The van der Waals surface area contributed by atoms with Crippen LogP contribution in [-0.4, -0.2) is 35.0 Å². The van der Waals surface area contributed by atoms with Crippen molar-refractivity contribution >= 4 is 6.03 Å². The number of urea groups is 1. The van der Waals surface area contributed by atoms with E-state index < -0.39 is 5.60 Å². The van der Waals surface area contributed by atoms with Crippen molar-refractivity contribution in [2.45, 2.75) is 71.3 Å². The molecule has 0 unspecified atom stereocenters. The van der Waals surface area contributed by atoms with Crippen molar-refractivity contribution in [3.05, 3.63) is 17.0 Å². The lowest BCUT2D eigenvalue weighted by atomic mass is 9.78. The van der Waals surface area contributed by atoms with Crippen molar-refractivity contribution in [2.24, 2.45) is 5.92 Å². The molecule has 136 valence electrons. The van der Waals surface area contributed by atoms with Crippen molar-refractivity contribution < 1.29 is 14.4 Å². The van der Waals surface area contributed by atoms with E-state index in [0.29, 0.717) is 6.54 Å². The molecule has 1 heterocycles. The summed E-state index contributed by atoms with van der Waals surface area (Å²) in [6.07, 6.45) is 5.67. The molecule has 0 aliphatic heterocycles. The Balaban J connectivity index is 1.77. The first-order chi connectivity index (χ1) is 11.3. The topological polar surface area (TPSA) is 87.4 Å². The highest BCUT2D eigenvalue weighted by atomic mass is 16.5. The molecule has 1 aliphatic carbocycles. The number of aryl methyl sites for hydroxylation is 2. The van der Waals surface area contributed by atoms with Crippen molar-refractivity contribution in [3.8, 4) is 0 Å². The number of nitrogens with zero attached hydrogens (tertiary/aromatic N) is 1. The maximum Gasteiger partial charge on any atom is 0.314 e. The summed E-state index contributed by atoms with van der Waals surface area (Å²) in [7, 11) is 0. The maximum absolute atomic E-state index is 12.0. The van der Waals surface area contributed by atoms with Crippen LogP contribution < -0.4 is 10.6 Å². The van der Waals surface area contributed by atoms with Gasteiger partial charge in [0.15, 0.2) is 0 Å². The van der Waals surface area contributed by atoms with Gasteiger partial charge in [-0.3, -0.25) is 0 Å². The third-order valence-electron chi connectivity index (χ3n) is 5.24. The minimum Gasteiger partial charge on any atom is -0.388 e. The molecule has 6 nitrogen and oxygen atoms in total. The number of hydrogen-bond donors (Lipinski definition) is 3. The van der Waals surface area contributed by atoms with Crippen molar-refractivity contribution in [1.29, 1.82) is 0 Å². The number of aromatic nitrogens is 1. The van der Waals surface area contributed by atoms with Gasteiger partial charge in [0.1, 0.15) is 5.76 Å². The second-order valence-electron chi connectivity index (χ2n) is 7.39. The molecule has 0 radical (unpaired) electrons. The fourth-order valence-corrected chi connectivity index (χ4v) is 3.73. The lowest BCUT2D eigenvalue weighted by Gasteiger charge is -2.35. The first kappa shape index (κ1) is 18.8. The van der Waals surface area contributed by atoms with Gasteiger partial charge in [0, 0.05) is 24.6 Å². The molecular formula is C18H31N3O3. The number of aliphatic hydroxyl groups is 1. The van der Waals surface area contributed by atoms with E-state index in [9.17, 15) is 9.90 Å². The van der Waals surface area contributed by atoms with Crippen molar-refractivity contribution in [2.75, 3.05) is 13.1 Å². The molecule has 24 heavy (non-hydrogen) atoms. The summed E-state index contributed by atoms with van der Waals surface area (Å²) in [6.45, 7) is 8.43. The first-order valence-electron chi connectivity index (χ1n) is 8.98. The molecule has 2 atom stereocenters. The van der Waals surface area contributed by atoms with E-state index in [1.807, 2.05) is 27.7 Å². The first-order valence-corrected chi connectivity index (χ1v) is 8.98. The third kappa shape index (κ3) is 4.72. The zero-order chi connectivity index (χ0) is 17.7. The quantitative estimate of drug-likeness (QED) is 0.744. The fraction of sp³-hybridized carbons (Fsp3) is 0.778. The highest BCUT2D eigenvalue weighted by Crippen LogP contribution is 2.32. The van der Waals surface area contributed by atoms with Crippen molar-refractivity contribution in [1.82, 2.24) is 15.8 Å². The van der Waals surface area contributed by atoms with Crippen LogP contribution in [-0.2, 0) is 0 Å². The van der Waals surface area contributed by atoms with E-state index in [0.717, 1.165) is 29.9 Å². The monoisotopic (exact) mass is 337 g/mol. The van der Waals surface area contributed by atoms with Crippen LogP contribution >= 0.6 is 0 Å². The zero-order valence-corrected chi connectivity index (χ0v) is 15.3. The average Bonchev–Trinajstić information content (AvgIpc) is 2.90. The van der Waals surface area contributed by atoms with Crippen LogP contribution in [0, 0.1) is 19.8 Å². The second kappa shape index (κ2) is 8.01. The number of nitrogens with one attached hydrogen (secondary N) is 2. The van der Waals surface area contributed by atoms with Crippen LogP contribution in [0.5, 0.6) is 0 Å². The lowest BCUT2D eigenvalue weighted by Crippen LogP contribution is -2.49. The van der Waals surface area contributed by atoms with Gasteiger partial charge in [-0.05, 0) is 39.5 Å². The van der Waals surface area contributed by atoms with Gasteiger partial charge in [-0.1, -0.05) is 31.3 Å². The number of amides is 2. The molecule has 0 spiro atoms. The number of hydrogen-bond acceptors (Lipinski definition) is 4. The van der Waals surface area contributed by atoms with Gasteiger partial charge in [-0.2, -0.15) is 0 Å². The Hall–Kier alpha value is -1.56. The summed E-state index contributed by atoms with van der Waals surface area (Å²) in [5, 5.41) is 20.3.